The van der Waals surface area contributed by atoms with Gasteiger partial charge >= 0.3 is 0 Å². The van der Waals surface area contributed by atoms with Crippen LogP contribution in [0.15, 0.2) is 22.6 Å². The van der Waals surface area contributed by atoms with E-state index in [0.29, 0.717) is 18.1 Å². The van der Waals surface area contributed by atoms with Gasteiger partial charge in [-0.05, 0) is 18.7 Å². The SMILES string of the molecule is CCNCc1nc2c(N)cccc2o1. The number of fused-ring (bicyclic) bond motifs is 1. The number of nitrogens with two attached hydrogens (primary N) is 1. The summed E-state index contributed by atoms with van der Waals surface area (Å²) in [7, 11) is 0. The van der Waals surface area contributed by atoms with Gasteiger partial charge in [-0.2, -0.15) is 0 Å². The standard InChI is InChI=1S/C10H13N3O/c1-2-12-6-9-13-10-7(11)4-3-5-8(10)14-9/h3-5,12H,2,6,11H2,1H3. The molecule has 1 heterocycles. The van der Waals surface area contributed by atoms with E-state index in [1.54, 1.807) is 0 Å². The number of nitrogen functional groups attached to an aromatic ring is 1. The molecule has 0 saturated heterocycles. The topological polar surface area (TPSA) is 64.1 Å². The second kappa shape index (κ2) is 3.67. The van der Waals surface area contributed by atoms with E-state index in [0.717, 1.165) is 17.6 Å². The Hall–Kier alpha value is -1.55. The molecule has 1 aromatic carbocycles. The third kappa shape index (κ3) is 1.56. The molecule has 74 valence electrons. The van der Waals surface area contributed by atoms with E-state index in [1.807, 2.05) is 25.1 Å². The van der Waals surface area contributed by atoms with Gasteiger partial charge in [-0.3, -0.25) is 0 Å². The lowest BCUT2D eigenvalue weighted by molar-refractivity contribution is 0.501. The number of oxazole rings is 1. The zero-order chi connectivity index (χ0) is 9.97. The van der Waals surface area contributed by atoms with Crippen LogP contribution in [-0.2, 0) is 6.54 Å². The fourth-order valence-corrected chi connectivity index (χ4v) is 1.32. The van der Waals surface area contributed by atoms with Crippen LogP contribution in [0.1, 0.15) is 12.8 Å². The van der Waals surface area contributed by atoms with Crippen molar-refractivity contribution < 1.29 is 4.42 Å². The molecule has 0 aliphatic carbocycles. The Kier molecular flexibility index (Phi) is 2.37. The molecule has 0 radical (unpaired) electrons. The molecule has 0 unspecified atom stereocenters. The molecule has 0 saturated carbocycles. The van der Waals surface area contributed by atoms with Crippen molar-refractivity contribution in [1.82, 2.24) is 10.3 Å². The molecule has 4 nitrogen and oxygen atoms in total. The second-order valence-electron chi connectivity index (χ2n) is 3.08. The maximum absolute atomic E-state index is 5.76. The number of nitrogens with one attached hydrogen (secondary N) is 1. The average Bonchev–Trinajstić information content (AvgIpc) is 2.59. The third-order valence-corrected chi connectivity index (χ3v) is 2.02. The molecule has 2 aromatic rings. The van der Waals surface area contributed by atoms with Crippen molar-refractivity contribution in [3.63, 3.8) is 0 Å². The van der Waals surface area contributed by atoms with Crippen molar-refractivity contribution in [2.75, 3.05) is 12.3 Å². The lowest BCUT2D eigenvalue weighted by atomic mass is 10.3. The summed E-state index contributed by atoms with van der Waals surface area (Å²) in [5.74, 6) is 0.680. The van der Waals surface area contributed by atoms with Gasteiger partial charge in [0, 0.05) is 0 Å². The molecule has 0 aliphatic rings. The predicted molar refractivity (Wildman–Crippen MR) is 55.8 cm³/mol. The van der Waals surface area contributed by atoms with Gasteiger partial charge in [-0.25, -0.2) is 4.98 Å². The lowest BCUT2D eigenvalue weighted by Crippen LogP contribution is -2.11. The van der Waals surface area contributed by atoms with Crippen molar-refractivity contribution in [2.45, 2.75) is 13.5 Å². The van der Waals surface area contributed by atoms with E-state index >= 15 is 0 Å². The Bertz CT molecular complexity index is 436. The molecule has 4 heteroatoms. The minimum atomic E-state index is 0.643. The molecule has 14 heavy (non-hydrogen) atoms. The van der Waals surface area contributed by atoms with Gasteiger partial charge < -0.3 is 15.5 Å². The van der Waals surface area contributed by atoms with E-state index < -0.39 is 0 Å². The molecule has 0 spiro atoms. The number of nitrogens with zero attached hydrogens (tertiary/aromatic N) is 1. The van der Waals surface area contributed by atoms with Crippen LogP contribution in [0.25, 0.3) is 11.1 Å². The maximum atomic E-state index is 5.76. The fourth-order valence-electron chi connectivity index (χ4n) is 1.32. The van der Waals surface area contributed by atoms with E-state index in [-0.39, 0.29) is 0 Å². The molecule has 0 aliphatic heterocycles. The van der Waals surface area contributed by atoms with Crippen LogP contribution in [0.4, 0.5) is 5.69 Å². The van der Waals surface area contributed by atoms with Gasteiger partial charge in [0.25, 0.3) is 0 Å². The van der Waals surface area contributed by atoms with E-state index in [1.165, 1.54) is 0 Å². The predicted octanol–water partition coefficient (Wildman–Crippen LogP) is 1.52. The van der Waals surface area contributed by atoms with Crippen LogP contribution in [0.2, 0.25) is 0 Å². The molecule has 2 rings (SSSR count). The van der Waals surface area contributed by atoms with Crippen molar-refractivity contribution in [2.24, 2.45) is 0 Å². The molecule has 0 amide bonds. The highest BCUT2D eigenvalue weighted by Crippen LogP contribution is 2.20. The third-order valence-electron chi connectivity index (χ3n) is 2.02. The monoisotopic (exact) mass is 191 g/mol. The summed E-state index contributed by atoms with van der Waals surface area (Å²) in [6.45, 7) is 3.58. The minimum Gasteiger partial charge on any atom is -0.439 e. The molecular formula is C10H13N3O. The maximum Gasteiger partial charge on any atom is 0.209 e. The van der Waals surface area contributed by atoms with Crippen LogP contribution >= 0.6 is 0 Å². The highest BCUT2D eigenvalue weighted by atomic mass is 16.3. The number of benzene rings is 1. The van der Waals surface area contributed by atoms with E-state index in [4.69, 9.17) is 10.2 Å². The summed E-state index contributed by atoms with van der Waals surface area (Å²) >= 11 is 0. The largest absolute Gasteiger partial charge is 0.439 e. The molecule has 0 atom stereocenters. The first-order chi connectivity index (χ1) is 6.81. The molecule has 0 fully saturated rings. The number of hydrogen-bond donors (Lipinski definition) is 2. The van der Waals surface area contributed by atoms with Crippen molar-refractivity contribution in [1.29, 1.82) is 0 Å². The van der Waals surface area contributed by atoms with E-state index in [9.17, 15) is 0 Å². The summed E-state index contributed by atoms with van der Waals surface area (Å²) < 4.78 is 5.50. The fraction of sp³-hybridized carbons (Fsp3) is 0.300. The summed E-state index contributed by atoms with van der Waals surface area (Å²) in [5.41, 5.74) is 7.91. The average molecular weight is 191 g/mol. The summed E-state index contributed by atoms with van der Waals surface area (Å²) in [6, 6.07) is 5.55. The first-order valence-corrected chi connectivity index (χ1v) is 4.66. The van der Waals surface area contributed by atoms with Gasteiger partial charge in [-0.1, -0.05) is 13.0 Å². The summed E-state index contributed by atoms with van der Waals surface area (Å²) in [4.78, 5) is 4.30. The molecular weight excluding hydrogens is 178 g/mol. The number of para-hydroxylation sites is 1. The Morgan fingerprint density at radius 3 is 3.07 bits per heavy atom. The quantitative estimate of drug-likeness (QED) is 0.722. The van der Waals surface area contributed by atoms with Crippen LogP contribution in [0.5, 0.6) is 0 Å². The Labute approximate surface area is 82.1 Å². The highest BCUT2D eigenvalue weighted by molar-refractivity contribution is 5.85. The number of aromatic nitrogens is 1. The van der Waals surface area contributed by atoms with Crippen molar-refractivity contribution in [3.8, 4) is 0 Å². The van der Waals surface area contributed by atoms with Crippen LogP contribution in [-0.4, -0.2) is 11.5 Å². The Morgan fingerprint density at radius 1 is 1.50 bits per heavy atom. The van der Waals surface area contributed by atoms with Crippen LogP contribution in [0, 0.1) is 0 Å². The first-order valence-electron chi connectivity index (χ1n) is 4.66. The second-order valence-corrected chi connectivity index (χ2v) is 3.08. The van der Waals surface area contributed by atoms with Gasteiger partial charge in [0.2, 0.25) is 5.89 Å². The number of hydrogen-bond acceptors (Lipinski definition) is 4. The van der Waals surface area contributed by atoms with Crippen molar-refractivity contribution in [3.05, 3.63) is 24.1 Å². The zero-order valence-corrected chi connectivity index (χ0v) is 8.08. The van der Waals surface area contributed by atoms with E-state index in [2.05, 4.69) is 10.3 Å². The normalized spacial score (nSPS) is 10.9. The summed E-state index contributed by atoms with van der Waals surface area (Å²) in [5, 5.41) is 3.15. The Morgan fingerprint density at radius 2 is 2.36 bits per heavy atom. The van der Waals surface area contributed by atoms with Gasteiger partial charge in [0.05, 0.1) is 12.2 Å². The minimum absolute atomic E-state index is 0.643. The lowest BCUT2D eigenvalue weighted by Gasteiger charge is -1.93. The van der Waals surface area contributed by atoms with Crippen LogP contribution in [0.3, 0.4) is 0 Å². The molecule has 3 N–H and O–H groups in total. The van der Waals surface area contributed by atoms with Gasteiger partial charge in [-0.15, -0.1) is 0 Å². The highest BCUT2D eigenvalue weighted by Gasteiger charge is 2.06. The molecule has 1 aromatic heterocycles. The number of rotatable bonds is 3. The van der Waals surface area contributed by atoms with Gasteiger partial charge in [0.15, 0.2) is 5.58 Å². The number of anilines is 1. The first kappa shape index (κ1) is 9.02. The Balaban J connectivity index is 2.36. The van der Waals surface area contributed by atoms with Crippen molar-refractivity contribution >= 4 is 16.8 Å². The van der Waals surface area contributed by atoms with Gasteiger partial charge in [0.1, 0.15) is 5.52 Å². The smallest absolute Gasteiger partial charge is 0.209 e. The molecule has 0 bridgehead atoms. The summed E-state index contributed by atoms with van der Waals surface area (Å²) in [6.07, 6.45) is 0. The zero-order valence-electron chi connectivity index (χ0n) is 8.08. The van der Waals surface area contributed by atoms with Crippen LogP contribution < -0.4 is 11.1 Å².